The van der Waals surface area contributed by atoms with Crippen LogP contribution in [0.3, 0.4) is 0 Å². The lowest BCUT2D eigenvalue weighted by atomic mass is 10.1. The molecule has 1 atom stereocenters. The normalized spacial score (nSPS) is 13.2. The summed E-state index contributed by atoms with van der Waals surface area (Å²) in [6, 6.07) is 1.66. The number of aromatic nitrogens is 5. The second-order valence-electron chi connectivity index (χ2n) is 5.62. The van der Waals surface area contributed by atoms with E-state index in [0.29, 0.717) is 16.7 Å². The SMILES string of the molecule is Cc1cc(NC(=O)C(C)Sc2nnnn2C(C)(C)C)no1. The zero-order chi connectivity index (χ0) is 15.6. The first-order chi connectivity index (χ1) is 9.77. The molecule has 0 radical (unpaired) electrons. The Labute approximate surface area is 126 Å². The van der Waals surface area contributed by atoms with Crippen LogP contribution in [0.2, 0.25) is 0 Å². The third kappa shape index (κ3) is 3.81. The van der Waals surface area contributed by atoms with Crippen molar-refractivity contribution in [2.24, 2.45) is 0 Å². The van der Waals surface area contributed by atoms with Gasteiger partial charge in [0.2, 0.25) is 11.1 Å². The highest BCUT2D eigenvalue weighted by molar-refractivity contribution is 8.00. The molecule has 9 heteroatoms. The Morgan fingerprint density at radius 1 is 1.48 bits per heavy atom. The Balaban J connectivity index is 2.03. The van der Waals surface area contributed by atoms with Gasteiger partial charge in [0.1, 0.15) is 5.76 Å². The van der Waals surface area contributed by atoms with E-state index in [4.69, 9.17) is 4.52 Å². The van der Waals surface area contributed by atoms with Crippen LogP contribution in [0.5, 0.6) is 0 Å². The van der Waals surface area contributed by atoms with Crippen LogP contribution < -0.4 is 5.32 Å². The highest BCUT2D eigenvalue weighted by atomic mass is 32.2. The minimum atomic E-state index is -0.367. The number of nitrogens with one attached hydrogen (secondary N) is 1. The summed E-state index contributed by atoms with van der Waals surface area (Å²) in [4.78, 5) is 12.1. The molecule has 0 saturated heterocycles. The van der Waals surface area contributed by atoms with E-state index in [2.05, 4.69) is 26.0 Å². The van der Waals surface area contributed by atoms with Gasteiger partial charge in [0.05, 0.1) is 10.8 Å². The summed E-state index contributed by atoms with van der Waals surface area (Å²) in [7, 11) is 0. The highest BCUT2D eigenvalue weighted by Crippen LogP contribution is 2.25. The molecular formula is C12H18N6O2S. The molecule has 0 aliphatic rings. The molecule has 2 heterocycles. The molecule has 8 nitrogen and oxygen atoms in total. The maximum absolute atomic E-state index is 12.1. The fraction of sp³-hybridized carbons (Fsp3) is 0.583. The molecule has 114 valence electrons. The van der Waals surface area contributed by atoms with Gasteiger partial charge in [-0.2, -0.15) is 0 Å². The van der Waals surface area contributed by atoms with Crippen molar-refractivity contribution in [2.45, 2.75) is 50.6 Å². The van der Waals surface area contributed by atoms with Gasteiger partial charge in [0.25, 0.3) is 0 Å². The molecule has 21 heavy (non-hydrogen) atoms. The van der Waals surface area contributed by atoms with Crippen LogP contribution in [0, 0.1) is 6.92 Å². The van der Waals surface area contributed by atoms with Gasteiger partial charge in [0.15, 0.2) is 5.82 Å². The van der Waals surface area contributed by atoms with Crippen molar-refractivity contribution in [1.82, 2.24) is 25.4 Å². The van der Waals surface area contributed by atoms with Crippen molar-refractivity contribution in [2.75, 3.05) is 5.32 Å². The molecule has 2 rings (SSSR count). The molecular weight excluding hydrogens is 292 g/mol. The van der Waals surface area contributed by atoms with Gasteiger partial charge in [-0.3, -0.25) is 4.79 Å². The van der Waals surface area contributed by atoms with E-state index in [1.54, 1.807) is 24.6 Å². The van der Waals surface area contributed by atoms with Crippen molar-refractivity contribution >= 4 is 23.5 Å². The number of nitrogens with zero attached hydrogens (tertiary/aromatic N) is 5. The van der Waals surface area contributed by atoms with Crippen molar-refractivity contribution < 1.29 is 9.32 Å². The first kappa shape index (κ1) is 15.5. The molecule has 1 N–H and O–H groups in total. The van der Waals surface area contributed by atoms with E-state index in [-0.39, 0.29) is 16.7 Å². The van der Waals surface area contributed by atoms with Gasteiger partial charge in [0, 0.05) is 6.07 Å². The van der Waals surface area contributed by atoms with Crippen molar-refractivity contribution in [3.05, 3.63) is 11.8 Å². The smallest absolute Gasteiger partial charge is 0.238 e. The topological polar surface area (TPSA) is 98.7 Å². The molecule has 0 aromatic carbocycles. The first-order valence-corrected chi connectivity index (χ1v) is 7.35. The number of amides is 1. The molecule has 1 amide bonds. The van der Waals surface area contributed by atoms with Crippen LogP contribution in [0.15, 0.2) is 15.7 Å². The average Bonchev–Trinajstić information content (AvgIpc) is 2.97. The standard InChI is InChI=1S/C12H18N6O2S/c1-7-6-9(15-20-7)13-10(19)8(2)21-11-14-16-17-18(11)12(3,4)5/h6,8H,1-5H3,(H,13,15,19). The number of anilines is 1. The van der Waals surface area contributed by atoms with E-state index < -0.39 is 0 Å². The van der Waals surface area contributed by atoms with E-state index >= 15 is 0 Å². The summed E-state index contributed by atoms with van der Waals surface area (Å²) in [5.41, 5.74) is -0.245. The maximum Gasteiger partial charge on any atom is 0.238 e. The molecule has 0 fully saturated rings. The lowest BCUT2D eigenvalue weighted by molar-refractivity contribution is -0.115. The molecule has 2 aromatic heterocycles. The molecule has 0 aliphatic heterocycles. The van der Waals surface area contributed by atoms with Crippen LogP contribution in [0.25, 0.3) is 0 Å². The number of tetrazole rings is 1. The quantitative estimate of drug-likeness (QED) is 0.860. The molecule has 0 spiro atoms. The number of hydrogen-bond donors (Lipinski definition) is 1. The number of rotatable bonds is 4. The fourth-order valence-corrected chi connectivity index (χ4v) is 2.51. The predicted molar refractivity (Wildman–Crippen MR) is 78.0 cm³/mol. The number of carbonyl (C=O) groups excluding carboxylic acids is 1. The van der Waals surface area contributed by atoms with Crippen LogP contribution >= 0.6 is 11.8 Å². The molecule has 1 unspecified atom stereocenters. The Bertz CT molecular complexity index is 630. The summed E-state index contributed by atoms with van der Waals surface area (Å²) >= 11 is 1.29. The lowest BCUT2D eigenvalue weighted by Crippen LogP contribution is -2.27. The van der Waals surface area contributed by atoms with E-state index in [0.717, 1.165) is 0 Å². The monoisotopic (exact) mass is 310 g/mol. The Morgan fingerprint density at radius 2 is 2.19 bits per heavy atom. The number of hydrogen-bond acceptors (Lipinski definition) is 7. The van der Waals surface area contributed by atoms with E-state index in [9.17, 15) is 4.79 Å². The Hall–Kier alpha value is -1.90. The zero-order valence-corrected chi connectivity index (χ0v) is 13.4. The van der Waals surface area contributed by atoms with Gasteiger partial charge < -0.3 is 9.84 Å². The van der Waals surface area contributed by atoms with E-state index in [1.165, 1.54) is 11.8 Å². The van der Waals surface area contributed by atoms with Crippen molar-refractivity contribution in [3.8, 4) is 0 Å². The highest BCUT2D eigenvalue weighted by Gasteiger charge is 2.24. The third-order valence-electron chi connectivity index (χ3n) is 2.61. The van der Waals surface area contributed by atoms with Crippen LogP contribution in [0.1, 0.15) is 33.5 Å². The Kier molecular flexibility index (Phi) is 4.31. The summed E-state index contributed by atoms with van der Waals surface area (Å²) in [5.74, 6) is 0.861. The minimum absolute atomic E-state index is 0.184. The van der Waals surface area contributed by atoms with Crippen LogP contribution in [0.4, 0.5) is 5.82 Å². The molecule has 2 aromatic rings. The lowest BCUT2D eigenvalue weighted by Gasteiger charge is -2.20. The van der Waals surface area contributed by atoms with Crippen molar-refractivity contribution in [1.29, 1.82) is 0 Å². The molecule has 0 aliphatic carbocycles. The van der Waals surface area contributed by atoms with Crippen LogP contribution in [-0.2, 0) is 10.3 Å². The maximum atomic E-state index is 12.1. The second-order valence-corrected chi connectivity index (χ2v) is 6.92. The summed E-state index contributed by atoms with van der Waals surface area (Å²) < 4.78 is 6.60. The molecule has 0 saturated carbocycles. The number of carbonyl (C=O) groups is 1. The minimum Gasteiger partial charge on any atom is -0.360 e. The van der Waals surface area contributed by atoms with Crippen LogP contribution in [-0.4, -0.2) is 36.5 Å². The van der Waals surface area contributed by atoms with E-state index in [1.807, 2.05) is 20.8 Å². The van der Waals surface area contributed by atoms with Crippen molar-refractivity contribution in [3.63, 3.8) is 0 Å². The first-order valence-electron chi connectivity index (χ1n) is 6.47. The summed E-state index contributed by atoms with van der Waals surface area (Å²) in [6.45, 7) is 9.54. The zero-order valence-electron chi connectivity index (χ0n) is 12.6. The summed E-state index contributed by atoms with van der Waals surface area (Å²) in [6.07, 6.45) is 0. The van der Waals surface area contributed by atoms with Gasteiger partial charge >= 0.3 is 0 Å². The third-order valence-corrected chi connectivity index (χ3v) is 3.64. The largest absolute Gasteiger partial charge is 0.360 e. The predicted octanol–water partition coefficient (Wildman–Crippen LogP) is 1.84. The summed E-state index contributed by atoms with van der Waals surface area (Å²) in [5, 5.41) is 18.3. The Morgan fingerprint density at radius 3 is 2.76 bits per heavy atom. The number of aryl methyl sites for hydroxylation is 1. The molecule has 0 bridgehead atoms. The van der Waals surface area contributed by atoms with Gasteiger partial charge in [-0.15, -0.1) is 5.10 Å². The van der Waals surface area contributed by atoms with Gasteiger partial charge in [-0.1, -0.05) is 16.9 Å². The van der Waals surface area contributed by atoms with Gasteiger partial charge in [-0.05, 0) is 45.0 Å². The fourth-order valence-electron chi connectivity index (χ4n) is 1.54. The second kappa shape index (κ2) is 5.84. The average molecular weight is 310 g/mol. The number of thioether (sulfide) groups is 1. The van der Waals surface area contributed by atoms with Gasteiger partial charge in [-0.25, -0.2) is 4.68 Å².